The molecule has 33 heavy (non-hydrogen) atoms. The normalized spacial score (nSPS) is 12.5. The van der Waals surface area contributed by atoms with E-state index in [1.165, 1.54) is 0 Å². The van der Waals surface area contributed by atoms with E-state index in [9.17, 15) is 8.42 Å². The number of fused-ring (bicyclic) bond motifs is 2. The van der Waals surface area contributed by atoms with Crippen LogP contribution in [0.3, 0.4) is 0 Å². The summed E-state index contributed by atoms with van der Waals surface area (Å²) in [5, 5.41) is 15.8. The average Bonchev–Trinajstić information content (AvgIpc) is 3.38. The summed E-state index contributed by atoms with van der Waals surface area (Å²) >= 11 is 0. The van der Waals surface area contributed by atoms with Crippen molar-refractivity contribution in [3.05, 3.63) is 67.0 Å². The maximum absolute atomic E-state index is 12.8. The van der Waals surface area contributed by atoms with Gasteiger partial charge in [0.15, 0.2) is 0 Å². The van der Waals surface area contributed by atoms with Gasteiger partial charge in [-0.3, -0.25) is 5.10 Å². The van der Waals surface area contributed by atoms with Gasteiger partial charge in [-0.15, -0.1) is 5.10 Å². The van der Waals surface area contributed by atoms with Crippen LogP contribution in [-0.4, -0.2) is 38.8 Å². The third-order valence-corrected chi connectivity index (χ3v) is 6.73. The lowest BCUT2D eigenvalue weighted by molar-refractivity contribution is 0.491. The predicted molar refractivity (Wildman–Crippen MR) is 128 cm³/mol. The molecule has 0 bridgehead atoms. The van der Waals surface area contributed by atoms with E-state index in [4.69, 9.17) is 0 Å². The van der Waals surface area contributed by atoms with Gasteiger partial charge in [0.2, 0.25) is 16.0 Å². The molecular weight excluding hydrogens is 438 g/mol. The Bertz CT molecular complexity index is 1580. The van der Waals surface area contributed by atoms with Crippen LogP contribution in [-0.2, 0) is 10.0 Å². The molecule has 0 unspecified atom stereocenters. The summed E-state index contributed by atoms with van der Waals surface area (Å²) in [5.41, 5.74) is 3.43. The van der Waals surface area contributed by atoms with Gasteiger partial charge in [0.1, 0.15) is 0 Å². The Kier molecular flexibility index (Phi) is 4.91. The van der Waals surface area contributed by atoms with Gasteiger partial charge < -0.3 is 5.32 Å². The van der Waals surface area contributed by atoms with Gasteiger partial charge in [-0.25, -0.2) is 22.6 Å². The summed E-state index contributed by atoms with van der Waals surface area (Å²) in [6.07, 6.45) is 3.48. The number of aromatic amines is 1. The molecule has 3 N–H and O–H groups in total. The van der Waals surface area contributed by atoms with Crippen LogP contribution in [0, 0.1) is 0 Å². The first-order chi connectivity index (χ1) is 15.7. The summed E-state index contributed by atoms with van der Waals surface area (Å²) in [5.74, 6) is 0.414. The number of benzene rings is 2. The number of anilines is 2. The number of hydrogen-bond donors (Lipinski definition) is 3. The average molecular weight is 462 g/mol. The van der Waals surface area contributed by atoms with Crippen molar-refractivity contribution in [2.45, 2.75) is 31.2 Å². The molecule has 0 aliphatic carbocycles. The van der Waals surface area contributed by atoms with Crippen molar-refractivity contribution in [3.8, 4) is 11.3 Å². The van der Waals surface area contributed by atoms with E-state index >= 15 is 0 Å². The molecular formula is C23H23N7O2S. The summed E-state index contributed by atoms with van der Waals surface area (Å²) in [4.78, 5) is 4.60. The van der Waals surface area contributed by atoms with E-state index in [0.717, 1.165) is 33.4 Å². The summed E-state index contributed by atoms with van der Waals surface area (Å²) < 4.78 is 30.0. The summed E-state index contributed by atoms with van der Waals surface area (Å²) in [6.45, 7) is 5.43. The number of nitrogens with one attached hydrogen (secondary N) is 3. The molecule has 5 aromatic rings. The highest BCUT2D eigenvalue weighted by Gasteiger charge is 2.22. The fourth-order valence-corrected chi connectivity index (χ4v) is 5.07. The fourth-order valence-electron chi connectivity index (χ4n) is 3.61. The number of H-pyrrole nitrogens is 1. The standard InChI is InChI=1S/C23H23N7O2S/c1-23(2,3)29-33(31,32)19-6-4-5-15(11-19)21-10-9-18-14-24-22(28-30(18)21)26-17-8-7-16-13-25-27-20(16)12-17/h4-14,29H,1-3H3,(H,25,27)(H,26,28). The molecule has 3 heterocycles. The van der Waals surface area contributed by atoms with E-state index < -0.39 is 15.6 Å². The monoisotopic (exact) mass is 461 g/mol. The molecule has 10 heteroatoms. The second-order valence-electron chi connectivity index (χ2n) is 8.82. The molecule has 3 aromatic heterocycles. The van der Waals surface area contributed by atoms with Gasteiger partial charge in [0.05, 0.1) is 34.0 Å². The van der Waals surface area contributed by atoms with Crippen LogP contribution in [0.2, 0.25) is 0 Å². The lowest BCUT2D eigenvalue weighted by Gasteiger charge is -2.20. The third-order valence-electron chi connectivity index (χ3n) is 4.98. The Morgan fingerprint density at radius 2 is 1.85 bits per heavy atom. The Morgan fingerprint density at radius 1 is 1.00 bits per heavy atom. The van der Waals surface area contributed by atoms with Crippen LogP contribution in [0.1, 0.15) is 20.8 Å². The van der Waals surface area contributed by atoms with E-state index in [0.29, 0.717) is 5.95 Å². The SMILES string of the molecule is CC(C)(C)NS(=O)(=O)c1cccc(-c2ccc3cnc(Nc4ccc5cn[nH]c5c4)nn23)c1. The molecule has 0 aliphatic rings. The van der Waals surface area contributed by atoms with E-state index in [-0.39, 0.29) is 4.90 Å². The first-order valence-corrected chi connectivity index (χ1v) is 11.9. The lowest BCUT2D eigenvalue weighted by Crippen LogP contribution is -2.40. The van der Waals surface area contributed by atoms with Crippen LogP contribution in [0.4, 0.5) is 11.6 Å². The molecule has 0 spiro atoms. The largest absolute Gasteiger partial charge is 0.323 e. The maximum Gasteiger partial charge on any atom is 0.245 e. The van der Waals surface area contributed by atoms with E-state index in [1.807, 2.05) is 57.2 Å². The molecule has 0 fully saturated rings. The summed E-state index contributed by atoms with van der Waals surface area (Å²) in [6, 6.07) is 16.4. The number of nitrogens with zero attached hydrogens (tertiary/aromatic N) is 4. The number of rotatable bonds is 5. The van der Waals surface area contributed by atoms with Gasteiger partial charge in [-0.05, 0) is 63.2 Å². The van der Waals surface area contributed by atoms with E-state index in [2.05, 4.69) is 30.3 Å². The third kappa shape index (κ3) is 4.30. The van der Waals surface area contributed by atoms with E-state index in [1.54, 1.807) is 35.1 Å². The zero-order chi connectivity index (χ0) is 23.2. The smallest absolute Gasteiger partial charge is 0.245 e. The predicted octanol–water partition coefficient (Wildman–Crippen LogP) is 4.09. The molecule has 5 rings (SSSR count). The number of sulfonamides is 1. The molecule has 0 amide bonds. The van der Waals surface area contributed by atoms with Crippen LogP contribution in [0.5, 0.6) is 0 Å². The zero-order valence-corrected chi connectivity index (χ0v) is 19.2. The highest BCUT2D eigenvalue weighted by atomic mass is 32.2. The molecule has 0 saturated heterocycles. The quantitative estimate of drug-likeness (QED) is 0.363. The Morgan fingerprint density at radius 3 is 2.67 bits per heavy atom. The van der Waals surface area contributed by atoms with Crippen molar-refractivity contribution in [2.24, 2.45) is 0 Å². The summed E-state index contributed by atoms with van der Waals surface area (Å²) in [7, 11) is -3.66. The van der Waals surface area contributed by atoms with Crippen molar-refractivity contribution >= 4 is 38.1 Å². The van der Waals surface area contributed by atoms with Crippen LogP contribution >= 0.6 is 0 Å². The van der Waals surface area contributed by atoms with Gasteiger partial charge in [0.25, 0.3) is 0 Å². The second-order valence-corrected chi connectivity index (χ2v) is 10.5. The number of hydrogen-bond acceptors (Lipinski definition) is 6. The molecule has 168 valence electrons. The molecule has 0 atom stereocenters. The van der Waals surface area contributed by atoms with Crippen molar-refractivity contribution in [3.63, 3.8) is 0 Å². The first kappa shape index (κ1) is 21.1. The van der Waals surface area contributed by atoms with Crippen molar-refractivity contribution in [1.29, 1.82) is 0 Å². The maximum atomic E-state index is 12.8. The van der Waals surface area contributed by atoms with Gasteiger partial charge in [-0.1, -0.05) is 12.1 Å². The van der Waals surface area contributed by atoms with Crippen molar-refractivity contribution in [1.82, 2.24) is 29.5 Å². The van der Waals surface area contributed by atoms with Crippen LogP contribution in [0.15, 0.2) is 71.9 Å². The first-order valence-electron chi connectivity index (χ1n) is 10.4. The minimum absolute atomic E-state index is 0.199. The zero-order valence-electron chi connectivity index (χ0n) is 18.4. The second kappa shape index (κ2) is 7.68. The molecule has 0 radical (unpaired) electrons. The van der Waals surface area contributed by atoms with Crippen molar-refractivity contribution in [2.75, 3.05) is 5.32 Å². The van der Waals surface area contributed by atoms with Crippen LogP contribution in [0.25, 0.3) is 27.7 Å². The molecule has 2 aromatic carbocycles. The number of aromatic nitrogens is 5. The van der Waals surface area contributed by atoms with Crippen molar-refractivity contribution < 1.29 is 8.42 Å². The highest BCUT2D eigenvalue weighted by molar-refractivity contribution is 7.89. The van der Waals surface area contributed by atoms with Gasteiger partial charge in [0, 0.05) is 22.2 Å². The van der Waals surface area contributed by atoms with Gasteiger partial charge in [-0.2, -0.15) is 5.10 Å². The Labute approximate surface area is 190 Å². The lowest BCUT2D eigenvalue weighted by atomic mass is 10.1. The Balaban J connectivity index is 1.50. The van der Waals surface area contributed by atoms with Gasteiger partial charge >= 0.3 is 0 Å². The van der Waals surface area contributed by atoms with Crippen LogP contribution < -0.4 is 10.0 Å². The minimum Gasteiger partial charge on any atom is -0.323 e. The fraction of sp³-hybridized carbons (Fsp3) is 0.174. The minimum atomic E-state index is -3.66. The highest BCUT2D eigenvalue weighted by Crippen LogP contribution is 2.26. The topological polar surface area (TPSA) is 117 Å². The molecule has 0 aliphatic heterocycles. The molecule has 9 nitrogen and oxygen atoms in total. The molecule has 0 saturated carbocycles. The Hall–Kier alpha value is -3.76.